The number of carbonyl (C=O) groups is 1. The molecule has 0 heterocycles. The molecule has 0 bridgehead atoms. The molecular formula is C14H16N4O4. The summed E-state index contributed by atoms with van der Waals surface area (Å²) in [6, 6.07) is 6.89. The van der Waals surface area contributed by atoms with Crippen molar-refractivity contribution >= 4 is 17.3 Å². The quantitative estimate of drug-likeness (QED) is 0.301. The van der Waals surface area contributed by atoms with Crippen molar-refractivity contribution in [3.05, 3.63) is 46.2 Å². The molecule has 8 nitrogen and oxygen atoms in total. The smallest absolute Gasteiger partial charge is 0.271 e. The number of nitro groups is 1. The number of nitrogens with one attached hydrogen (secondary N) is 2. The van der Waals surface area contributed by atoms with Gasteiger partial charge in [-0.15, -0.1) is 0 Å². The minimum Gasteiger partial charge on any atom is -0.394 e. The fraction of sp³-hybridized carbons (Fsp3) is 0.286. The van der Waals surface area contributed by atoms with Crippen LogP contribution in [-0.2, 0) is 4.79 Å². The third kappa shape index (κ3) is 4.88. The van der Waals surface area contributed by atoms with E-state index >= 15 is 0 Å². The van der Waals surface area contributed by atoms with Crippen molar-refractivity contribution in [2.45, 2.75) is 19.4 Å². The second-order valence-corrected chi connectivity index (χ2v) is 4.39. The number of aliphatic hydroxyl groups excluding tert-OH is 1. The average molecular weight is 304 g/mol. The van der Waals surface area contributed by atoms with Crippen LogP contribution in [0.4, 0.5) is 11.4 Å². The molecule has 22 heavy (non-hydrogen) atoms. The third-order valence-corrected chi connectivity index (χ3v) is 2.86. The first kappa shape index (κ1) is 17.1. The zero-order valence-corrected chi connectivity index (χ0v) is 11.9. The van der Waals surface area contributed by atoms with Crippen LogP contribution >= 0.6 is 0 Å². The molecule has 0 saturated heterocycles. The zero-order chi connectivity index (χ0) is 16.5. The number of hydrogen-bond donors (Lipinski definition) is 3. The molecule has 1 unspecified atom stereocenters. The van der Waals surface area contributed by atoms with E-state index in [-0.39, 0.29) is 29.6 Å². The van der Waals surface area contributed by atoms with Crippen LogP contribution in [0.1, 0.15) is 13.3 Å². The van der Waals surface area contributed by atoms with Gasteiger partial charge in [-0.1, -0.05) is 13.0 Å². The van der Waals surface area contributed by atoms with Gasteiger partial charge in [0.1, 0.15) is 11.6 Å². The summed E-state index contributed by atoms with van der Waals surface area (Å²) in [4.78, 5) is 22.0. The molecule has 0 aliphatic heterocycles. The normalized spacial score (nSPS) is 12.1. The van der Waals surface area contributed by atoms with Crippen LogP contribution in [0.3, 0.4) is 0 Å². The Morgan fingerprint density at radius 1 is 1.59 bits per heavy atom. The highest BCUT2D eigenvalue weighted by Gasteiger charge is 2.12. The highest BCUT2D eigenvalue weighted by molar-refractivity contribution is 6.06. The van der Waals surface area contributed by atoms with Gasteiger partial charge in [0.05, 0.1) is 11.5 Å². The molecular weight excluding hydrogens is 288 g/mol. The largest absolute Gasteiger partial charge is 0.394 e. The van der Waals surface area contributed by atoms with Gasteiger partial charge in [0.25, 0.3) is 11.6 Å². The summed E-state index contributed by atoms with van der Waals surface area (Å²) < 4.78 is 0. The van der Waals surface area contributed by atoms with E-state index in [0.717, 1.165) is 0 Å². The Balaban J connectivity index is 2.81. The molecule has 0 aliphatic rings. The lowest BCUT2D eigenvalue weighted by Crippen LogP contribution is -2.28. The molecule has 8 heteroatoms. The Labute approximate surface area is 127 Å². The number of nitro benzene ring substituents is 1. The maximum Gasteiger partial charge on any atom is 0.271 e. The van der Waals surface area contributed by atoms with Gasteiger partial charge in [0.2, 0.25) is 0 Å². The van der Waals surface area contributed by atoms with E-state index < -0.39 is 10.8 Å². The molecule has 0 aliphatic carbocycles. The minimum atomic E-state index is -0.691. The maximum atomic E-state index is 11.9. The average Bonchev–Trinajstić information content (AvgIpc) is 2.52. The highest BCUT2D eigenvalue weighted by Crippen LogP contribution is 2.17. The van der Waals surface area contributed by atoms with Crippen LogP contribution in [0, 0.1) is 21.4 Å². The molecule has 0 fully saturated rings. The SMILES string of the molecule is CCC(CO)N/C=C(/C#N)C(=O)Nc1cccc([N+](=O)[O-])c1. The minimum absolute atomic E-state index is 0.127. The predicted octanol–water partition coefficient (Wildman–Crippen LogP) is 1.30. The molecule has 3 N–H and O–H groups in total. The van der Waals surface area contributed by atoms with Crippen molar-refractivity contribution in [3.63, 3.8) is 0 Å². The van der Waals surface area contributed by atoms with Gasteiger partial charge in [0.15, 0.2) is 0 Å². The number of non-ortho nitro benzene ring substituents is 1. The molecule has 1 atom stereocenters. The Bertz CT molecular complexity index is 618. The predicted molar refractivity (Wildman–Crippen MR) is 79.7 cm³/mol. The summed E-state index contributed by atoms with van der Waals surface area (Å²) >= 11 is 0. The standard InChI is InChI=1S/C14H16N4O4/c1-2-11(9-19)16-8-10(7-15)14(20)17-12-4-3-5-13(6-12)18(21)22/h3-6,8,11,16,19H,2,9H2,1H3,(H,17,20)/b10-8-. The van der Waals surface area contributed by atoms with Crippen LogP contribution in [0.5, 0.6) is 0 Å². The number of hydrogen-bond acceptors (Lipinski definition) is 6. The van der Waals surface area contributed by atoms with Gasteiger partial charge in [-0.25, -0.2) is 0 Å². The third-order valence-electron chi connectivity index (χ3n) is 2.86. The van der Waals surface area contributed by atoms with E-state index in [0.29, 0.717) is 6.42 Å². The summed E-state index contributed by atoms with van der Waals surface area (Å²) in [6.07, 6.45) is 1.84. The van der Waals surface area contributed by atoms with Crippen molar-refractivity contribution in [1.29, 1.82) is 5.26 Å². The molecule has 0 radical (unpaired) electrons. The van der Waals surface area contributed by atoms with E-state index in [9.17, 15) is 14.9 Å². The lowest BCUT2D eigenvalue weighted by atomic mass is 10.2. The number of rotatable bonds is 7. The molecule has 116 valence electrons. The van der Waals surface area contributed by atoms with Crippen LogP contribution in [-0.4, -0.2) is 28.6 Å². The number of carbonyl (C=O) groups excluding carboxylic acids is 1. The monoisotopic (exact) mass is 304 g/mol. The lowest BCUT2D eigenvalue weighted by molar-refractivity contribution is -0.384. The van der Waals surface area contributed by atoms with Gasteiger partial charge in [0, 0.05) is 30.1 Å². The second-order valence-electron chi connectivity index (χ2n) is 4.39. The zero-order valence-electron chi connectivity index (χ0n) is 11.9. The summed E-state index contributed by atoms with van der Waals surface area (Å²) in [5.41, 5.74) is -0.141. The lowest BCUT2D eigenvalue weighted by Gasteiger charge is -2.12. The van der Waals surface area contributed by atoms with Crippen LogP contribution in [0.25, 0.3) is 0 Å². The van der Waals surface area contributed by atoms with Gasteiger partial charge < -0.3 is 15.7 Å². The first-order chi connectivity index (χ1) is 10.5. The fourth-order valence-electron chi connectivity index (χ4n) is 1.55. The summed E-state index contributed by atoms with van der Waals surface area (Å²) in [7, 11) is 0. The van der Waals surface area contributed by atoms with Crippen molar-refractivity contribution in [2.75, 3.05) is 11.9 Å². The van der Waals surface area contributed by atoms with E-state index in [2.05, 4.69) is 10.6 Å². The Morgan fingerprint density at radius 2 is 2.32 bits per heavy atom. The summed E-state index contributed by atoms with van der Waals surface area (Å²) in [5, 5.41) is 33.9. The van der Waals surface area contributed by atoms with Gasteiger partial charge in [-0.05, 0) is 12.5 Å². The van der Waals surface area contributed by atoms with E-state index in [1.54, 1.807) is 6.07 Å². The first-order valence-electron chi connectivity index (χ1n) is 6.54. The summed E-state index contributed by atoms with van der Waals surface area (Å²) in [6.45, 7) is 1.72. The summed E-state index contributed by atoms with van der Waals surface area (Å²) in [5.74, 6) is -0.691. The molecule has 1 aromatic rings. The van der Waals surface area contributed by atoms with Crippen molar-refractivity contribution in [3.8, 4) is 6.07 Å². The van der Waals surface area contributed by atoms with Gasteiger partial charge in [-0.3, -0.25) is 14.9 Å². The molecule has 1 amide bonds. The number of anilines is 1. The number of nitrogens with zero attached hydrogens (tertiary/aromatic N) is 2. The van der Waals surface area contributed by atoms with E-state index in [4.69, 9.17) is 10.4 Å². The van der Waals surface area contributed by atoms with Crippen molar-refractivity contribution in [1.82, 2.24) is 5.32 Å². The number of benzene rings is 1. The molecule has 0 saturated carbocycles. The topological polar surface area (TPSA) is 128 Å². The van der Waals surface area contributed by atoms with E-state index in [1.807, 2.05) is 6.92 Å². The van der Waals surface area contributed by atoms with Crippen LogP contribution in [0.2, 0.25) is 0 Å². The maximum absolute atomic E-state index is 11.9. The molecule has 0 spiro atoms. The Morgan fingerprint density at radius 3 is 2.86 bits per heavy atom. The second kappa shape index (κ2) is 8.39. The van der Waals surface area contributed by atoms with Gasteiger partial charge >= 0.3 is 0 Å². The van der Waals surface area contributed by atoms with Crippen LogP contribution < -0.4 is 10.6 Å². The fourth-order valence-corrected chi connectivity index (χ4v) is 1.55. The molecule has 0 aromatic heterocycles. The highest BCUT2D eigenvalue weighted by atomic mass is 16.6. The van der Waals surface area contributed by atoms with Gasteiger partial charge in [-0.2, -0.15) is 5.26 Å². The molecule has 1 aromatic carbocycles. The van der Waals surface area contributed by atoms with Crippen molar-refractivity contribution < 1.29 is 14.8 Å². The Hall–Kier alpha value is -2.92. The number of nitriles is 1. The first-order valence-corrected chi connectivity index (χ1v) is 6.54. The van der Waals surface area contributed by atoms with Crippen molar-refractivity contribution in [2.24, 2.45) is 0 Å². The number of aliphatic hydroxyl groups is 1. The number of amides is 1. The van der Waals surface area contributed by atoms with E-state index in [1.165, 1.54) is 30.5 Å². The van der Waals surface area contributed by atoms with Crippen LogP contribution in [0.15, 0.2) is 36.0 Å². The molecule has 1 rings (SSSR count). The Kier molecular flexibility index (Phi) is 6.53.